The summed E-state index contributed by atoms with van der Waals surface area (Å²) < 4.78 is 7.30. The summed E-state index contributed by atoms with van der Waals surface area (Å²) in [6.07, 6.45) is 11.8. The van der Waals surface area contributed by atoms with Gasteiger partial charge in [-0.1, -0.05) is 56.7 Å². The monoisotopic (exact) mass is 516 g/mol. The van der Waals surface area contributed by atoms with Gasteiger partial charge in [0.25, 0.3) is 5.91 Å². The first kappa shape index (κ1) is 26.3. The molecule has 2 aliphatic carbocycles. The van der Waals surface area contributed by atoms with E-state index in [2.05, 4.69) is 10.2 Å². The van der Waals surface area contributed by atoms with Crippen molar-refractivity contribution in [2.24, 2.45) is 0 Å². The molecule has 0 saturated heterocycles. The van der Waals surface area contributed by atoms with E-state index in [1.165, 1.54) is 38.5 Å². The molecule has 7 heteroatoms. The highest BCUT2D eigenvalue weighted by atomic mass is 16.5. The van der Waals surface area contributed by atoms with Gasteiger partial charge in [0.15, 0.2) is 0 Å². The zero-order valence-corrected chi connectivity index (χ0v) is 22.7. The van der Waals surface area contributed by atoms with E-state index >= 15 is 0 Å². The van der Waals surface area contributed by atoms with Crippen LogP contribution in [0.3, 0.4) is 0 Å². The molecule has 1 unspecified atom stereocenters. The minimum absolute atomic E-state index is 0.180. The Morgan fingerprint density at radius 2 is 1.63 bits per heavy atom. The van der Waals surface area contributed by atoms with Crippen LogP contribution in [0.2, 0.25) is 0 Å². The fraction of sp³-hybridized carbons (Fsp3) is 0.516. The second-order valence-electron chi connectivity index (χ2n) is 10.9. The lowest BCUT2D eigenvalue weighted by atomic mass is 9.88. The molecule has 2 saturated carbocycles. The van der Waals surface area contributed by atoms with E-state index in [-0.39, 0.29) is 24.4 Å². The smallest absolute Gasteiger partial charge is 0.251 e. The molecule has 3 aromatic rings. The lowest BCUT2D eigenvalue weighted by Gasteiger charge is -2.42. The number of aromatic nitrogens is 2. The van der Waals surface area contributed by atoms with Gasteiger partial charge in [0.1, 0.15) is 18.1 Å². The summed E-state index contributed by atoms with van der Waals surface area (Å²) >= 11 is 0. The Morgan fingerprint density at radius 1 is 0.974 bits per heavy atom. The molecule has 202 valence electrons. The maximum absolute atomic E-state index is 14.1. The zero-order chi connectivity index (χ0) is 26.5. The van der Waals surface area contributed by atoms with Crippen LogP contribution in [0.4, 0.5) is 0 Å². The van der Waals surface area contributed by atoms with Crippen LogP contribution in [0.1, 0.15) is 93.4 Å². The molecule has 38 heavy (non-hydrogen) atoms. The van der Waals surface area contributed by atoms with Crippen molar-refractivity contribution < 1.29 is 14.3 Å². The Labute approximate surface area is 225 Å². The van der Waals surface area contributed by atoms with Crippen LogP contribution in [-0.4, -0.2) is 45.5 Å². The lowest BCUT2D eigenvalue weighted by molar-refractivity contribution is -0.138. The maximum atomic E-state index is 14.1. The molecule has 1 heterocycles. The van der Waals surface area contributed by atoms with Gasteiger partial charge in [0, 0.05) is 17.6 Å². The van der Waals surface area contributed by atoms with Gasteiger partial charge in [-0.2, -0.15) is 0 Å². The van der Waals surface area contributed by atoms with Crippen molar-refractivity contribution in [3.63, 3.8) is 0 Å². The van der Waals surface area contributed by atoms with Crippen molar-refractivity contribution in [2.45, 2.75) is 95.8 Å². The van der Waals surface area contributed by atoms with Crippen molar-refractivity contribution >= 4 is 22.8 Å². The number of ether oxygens (including phenoxy) is 1. The summed E-state index contributed by atoms with van der Waals surface area (Å²) in [7, 11) is 1.59. The molecule has 1 atom stereocenters. The number of nitrogens with zero attached hydrogens (tertiary/aromatic N) is 3. The fourth-order valence-electron chi connectivity index (χ4n) is 6.34. The van der Waals surface area contributed by atoms with Crippen LogP contribution in [0, 0.1) is 0 Å². The van der Waals surface area contributed by atoms with Crippen molar-refractivity contribution in [3.05, 3.63) is 59.9 Å². The van der Waals surface area contributed by atoms with Gasteiger partial charge < -0.3 is 19.5 Å². The third-order valence-electron chi connectivity index (χ3n) is 8.27. The molecule has 7 nitrogen and oxygen atoms in total. The van der Waals surface area contributed by atoms with Crippen LogP contribution in [0.15, 0.2) is 48.5 Å². The van der Waals surface area contributed by atoms with Crippen LogP contribution in [0.5, 0.6) is 5.75 Å². The van der Waals surface area contributed by atoms with Gasteiger partial charge in [0.2, 0.25) is 5.91 Å². The van der Waals surface area contributed by atoms with E-state index in [0.717, 1.165) is 36.7 Å². The number of hydrogen-bond donors (Lipinski definition) is 1. The lowest BCUT2D eigenvalue weighted by Crippen LogP contribution is -2.50. The van der Waals surface area contributed by atoms with Crippen LogP contribution < -0.4 is 10.1 Å². The minimum atomic E-state index is -0.383. The second-order valence-corrected chi connectivity index (χ2v) is 10.9. The first-order valence-corrected chi connectivity index (χ1v) is 14.3. The quantitative estimate of drug-likeness (QED) is 0.397. The molecular formula is C31H40N4O3. The number of rotatable bonds is 8. The molecule has 2 aliphatic rings. The fourth-order valence-corrected chi connectivity index (χ4v) is 6.34. The van der Waals surface area contributed by atoms with Gasteiger partial charge in [-0.3, -0.25) is 9.59 Å². The second kappa shape index (κ2) is 12.0. The van der Waals surface area contributed by atoms with E-state index in [0.29, 0.717) is 29.2 Å². The van der Waals surface area contributed by atoms with E-state index in [1.807, 2.05) is 41.8 Å². The molecule has 5 rings (SSSR count). The maximum Gasteiger partial charge on any atom is 0.251 e. The summed E-state index contributed by atoms with van der Waals surface area (Å²) in [6, 6.07) is 15.3. The molecular weight excluding hydrogens is 476 g/mol. The zero-order valence-electron chi connectivity index (χ0n) is 22.7. The average Bonchev–Trinajstić information content (AvgIpc) is 3.32. The first-order chi connectivity index (χ1) is 18.5. The highest BCUT2D eigenvalue weighted by molar-refractivity contribution is 5.94. The van der Waals surface area contributed by atoms with E-state index < -0.39 is 0 Å². The number of imidazole rings is 1. The highest BCUT2D eigenvalue weighted by Gasteiger charge is 2.33. The number of benzene rings is 2. The summed E-state index contributed by atoms with van der Waals surface area (Å²) in [6.45, 7) is 2.17. The molecule has 2 amide bonds. The van der Waals surface area contributed by atoms with Gasteiger partial charge in [-0.05, 0) is 62.9 Å². The number of carbonyl (C=O) groups is 2. The highest BCUT2D eigenvalue weighted by Crippen LogP contribution is 2.31. The predicted molar refractivity (Wildman–Crippen MR) is 149 cm³/mol. The Balaban J connectivity index is 1.42. The SMILES string of the molecule is COc1cccc(C(=O)NC(C)c2nc3ccccc3n2CC(=O)N(C2CCCCC2)C2CCCCC2)c1. The van der Waals surface area contributed by atoms with E-state index in [4.69, 9.17) is 9.72 Å². The van der Waals surface area contributed by atoms with Crippen molar-refractivity contribution in [3.8, 4) is 5.75 Å². The van der Waals surface area contributed by atoms with Crippen LogP contribution in [-0.2, 0) is 11.3 Å². The standard InChI is InChI=1S/C31H40N4O3/c1-22(32-31(37)23-12-11-17-26(20-23)38-2)30-33-27-18-9-10-19-28(27)34(30)21-29(36)35(24-13-5-3-6-14-24)25-15-7-4-8-16-25/h9-12,17-20,22,24-25H,3-8,13-16,21H2,1-2H3,(H,32,37). The number of amides is 2. The molecule has 0 radical (unpaired) electrons. The molecule has 2 fully saturated rings. The molecule has 1 N–H and O–H groups in total. The van der Waals surface area contributed by atoms with Crippen LogP contribution in [0.25, 0.3) is 11.0 Å². The Kier molecular flexibility index (Phi) is 8.30. The number of methoxy groups -OCH3 is 1. The summed E-state index contributed by atoms with van der Waals surface area (Å²) in [5, 5.41) is 3.09. The van der Waals surface area contributed by atoms with E-state index in [1.54, 1.807) is 25.3 Å². The first-order valence-electron chi connectivity index (χ1n) is 14.3. The van der Waals surface area contributed by atoms with Gasteiger partial charge in [-0.25, -0.2) is 4.98 Å². The van der Waals surface area contributed by atoms with Gasteiger partial charge >= 0.3 is 0 Å². The third-order valence-corrected chi connectivity index (χ3v) is 8.27. The Hall–Kier alpha value is -3.35. The Bertz CT molecular complexity index is 1240. The third kappa shape index (κ3) is 5.71. The van der Waals surface area contributed by atoms with Crippen molar-refractivity contribution in [2.75, 3.05) is 7.11 Å². The topological polar surface area (TPSA) is 76.5 Å². The number of fused-ring (bicyclic) bond motifs is 1. The summed E-state index contributed by atoms with van der Waals surface area (Å²) in [4.78, 5) is 34.3. The number of para-hydroxylation sites is 2. The van der Waals surface area contributed by atoms with Gasteiger partial charge in [0.05, 0.1) is 24.2 Å². The normalized spacial score (nSPS) is 17.7. The number of hydrogen-bond acceptors (Lipinski definition) is 4. The molecule has 0 bridgehead atoms. The molecule has 0 spiro atoms. The average molecular weight is 517 g/mol. The molecule has 1 aromatic heterocycles. The Morgan fingerprint density at radius 3 is 2.29 bits per heavy atom. The van der Waals surface area contributed by atoms with E-state index in [9.17, 15) is 9.59 Å². The van der Waals surface area contributed by atoms with Crippen molar-refractivity contribution in [1.29, 1.82) is 0 Å². The molecule has 2 aromatic carbocycles. The predicted octanol–water partition coefficient (Wildman–Crippen LogP) is 6.03. The minimum Gasteiger partial charge on any atom is -0.497 e. The number of nitrogens with one attached hydrogen (secondary N) is 1. The van der Waals surface area contributed by atoms with Gasteiger partial charge in [-0.15, -0.1) is 0 Å². The largest absolute Gasteiger partial charge is 0.497 e. The van der Waals surface area contributed by atoms with Crippen molar-refractivity contribution in [1.82, 2.24) is 19.8 Å². The summed E-state index contributed by atoms with van der Waals surface area (Å²) in [5.41, 5.74) is 2.28. The number of carbonyl (C=O) groups excluding carboxylic acids is 2. The molecule has 0 aliphatic heterocycles. The van der Waals surface area contributed by atoms with Crippen LogP contribution >= 0.6 is 0 Å². The summed E-state index contributed by atoms with van der Waals surface area (Å²) in [5.74, 6) is 1.31.